The van der Waals surface area contributed by atoms with Gasteiger partial charge in [-0.3, -0.25) is 9.89 Å². The fourth-order valence-corrected chi connectivity index (χ4v) is 5.43. The van der Waals surface area contributed by atoms with Gasteiger partial charge in [-0.2, -0.15) is 0 Å². The van der Waals surface area contributed by atoms with E-state index in [2.05, 4.69) is 45.9 Å². The first-order valence-electron chi connectivity index (χ1n) is 11.1. The summed E-state index contributed by atoms with van der Waals surface area (Å²) in [5.74, 6) is 0.241. The van der Waals surface area contributed by atoms with Gasteiger partial charge in [-0.1, -0.05) is 0 Å². The molecule has 9 heteroatoms. The number of piperazine rings is 1. The molecule has 2 amide bonds. The Morgan fingerprint density at radius 2 is 2.10 bits per heavy atom. The van der Waals surface area contributed by atoms with E-state index in [4.69, 9.17) is 0 Å². The fraction of sp³-hybridized carbons (Fsp3) is 0.636. The quantitative estimate of drug-likeness (QED) is 0.745. The number of aryl methyl sites for hydroxylation is 1. The molecule has 0 bridgehead atoms. The van der Waals surface area contributed by atoms with E-state index in [1.165, 1.54) is 19.2 Å². The minimum atomic E-state index is -0.479. The van der Waals surface area contributed by atoms with Gasteiger partial charge in [-0.25, -0.2) is 19.2 Å². The van der Waals surface area contributed by atoms with Crippen molar-refractivity contribution in [3.05, 3.63) is 29.0 Å². The number of aromatic nitrogens is 2. The predicted molar refractivity (Wildman–Crippen MR) is 117 cm³/mol. The van der Waals surface area contributed by atoms with Gasteiger partial charge in [0.05, 0.1) is 24.3 Å². The number of hydrogen-bond acceptors (Lipinski definition) is 6. The maximum absolute atomic E-state index is 14.4. The van der Waals surface area contributed by atoms with Crippen molar-refractivity contribution < 1.29 is 9.18 Å². The molecule has 2 atom stereocenters. The highest BCUT2D eigenvalue weighted by Gasteiger charge is 2.48. The summed E-state index contributed by atoms with van der Waals surface area (Å²) >= 11 is 0. The van der Waals surface area contributed by atoms with Crippen molar-refractivity contribution in [2.75, 3.05) is 38.0 Å². The molecule has 4 aliphatic heterocycles. The lowest BCUT2D eigenvalue weighted by Crippen LogP contribution is -2.61. The molecule has 4 aliphatic rings. The highest BCUT2D eigenvalue weighted by atomic mass is 19.1. The number of nitrogens with one attached hydrogen (secondary N) is 1. The molecule has 0 saturated carbocycles. The average molecular weight is 428 g/mol. The third-order valence-corrected chi connectivity index (χ3v) is 7.39. The van der Waals surface area contributed by atoms with E-state index < -0.39 is 11.4 Å². The summed E-state index contributed by atoms with van der Waals surface area (Å²) in [6, 6.07) is 0.757. The Morgan fingerprint density at radius 3 is 2.90 bits per heavy atom. The number of halogens is 1. The molecule has 1 aromatic rings. The number of anilines is 1. The third-order valence-electron chi connectivity index (χ3n) is 7.39. The van der Waals surface area contributed by atoms with Crippen LogP contribution in [0.15, 0.2) is 22.5 Å². The largest absolute Gasteiger partial charge is 0.322 e. The smallest absolute Gasteiger partial charge is 0.321 e. The maximum atomic E-state index is 14.4. The second kappa shape index (κ2) is 7.25. The van der Waals surface area contributed by atoms with Gasteiger partial charge in [0.15, 0.2) is 11.6 Å². The number of urea groups is 1. The van der Waals surface area contributed by atoms with Crippen LogP contribution in [0.3, 0.4) is 0 Å². The van der Waals surface area contributed by atoms with E-state index in [9.17, 15) is 9.18 Å². The molecule has 5 rings (SSSR count). The molecule has 1 aromatic heterocycles. The van der Waals surface area contributed by atoms with Crippen LogP contribution in [-0.2, 0) is 0 Å². The summed E-state index contributed by atoms with van der Waals surface area (Å²) in [5, 5.41) is 3.05. The Labute approximate surface area is 182 Å². The highest BCUT2D eigenvalue weighted by Crippen LogP contribution is 2.39. The Hall–Kier alpha value is -2.55. The molecule has 0 radical (unpaired) electrons. The van der Waals surface area contributed by atoms with Gasteiger partial charge in [0.25, 0.3) is 0 Å². The van der Waals surface area contributed by atoms with Crippen LogP contribution in [0.25, 0.3) is 0 Å². The van der Waals surface area contributed by atoms with E-state index >= 15 is 0 Å². The second-order valence-corrected chi connectivity index (χ2v) is 9.59. The monoisotopic (exact) mass is 427 g/mol. The number of amidine groups is 1. The number of aliphatic imine (C=N–C) groups is 1. The minimum Gasteiger partial charge on any atom is -0.322 e. The van der Waals surface area contributed by atoms with Crippen LogP contribution in [0, 0.1) is 12.7 Å². The zero-order valence-corrected chi connectivity index (χ0v) is 18.7. The SMILES string of the molecule is Cc1ncnc(NC2=NCC3=C2CN(C(=O)N2C[C@@H]4CCCN4C[C@@H]2C)C3(C)C)c1F. The first kappa shape index (κ1) is 20.4. The molecule has 1 N–H and O–H groups in total. The third kappa shape index (κ3) is 3.21. The average Bonchev–Trinajstić information content (AvgIpc) is 3.40. The Morgan fingerprint density at radius 1 is 1.29 bits per heavy atom. The number of hydrogen-bond donors (Lipinski definition) is 1. The van der Waals surface area contributed by atoms with Crippen LogP contribution in [0.4, 0.5) is 15.0 Å². The molecule has 2 saturated heterocycles. The summed E-state index contributed by atoms with van der Waals surface area (Å²) in [5.41, 5.74) is 1.93. The first-order chi connectivity index (χ1) is 14.8. The van der Waals surface area contributed by atoms with Crippen LogP contribution in [0.5, 0.6) is 0 Å². The first-order valence-corrected chi connectivity index (χ1v) is 11.1. The molecule has 0 spiro atoms. The van der Waals surface area contributed by atoms with Crippen LogP contribution < -0.4 is 5.32 Å². The minimum absolute atomic E-state index is 0.0851. The number of nitrogens with zero attached hydrogens (tertiary/aromatic N) is 6. The molecule has 31 heavy (non-hydrogen) atoms. The number of amides is 2. The van der Waals surface area contributed by atoms with Crippen molar-refractivity contribution in [2.45, 2.75) is 58.2 Å². The molecule has 8 nitrogen and oxygen atoms in total. The predicted octanol–water partition coefficient (Wildman–Crippen LogP) is 2.43. The van der Waals surface area contributed by atoms with Crippen LogP contribution >= 0.6 is 0 Å². The molecule has 5 heterocycles. The molecular weight excluding hydrogens is 397 g/mol. The summed E-state index contributed by atoms with van der Waals surface area (Å²) in [6.45, 7) is 11.8. The summed E-state index contributed by atoms with van der Waals surface area (Å²) in [4.78, 5) is 32.7. The van der Waals surface area contributed by atoms with E-state index in [-0.39, 0.29) is 23.6 Å². The lowest BCUT2D eigenvalue weighted by molar-refractivity contribution is 0.0549. The van der Waals surface area contributed by atoms with Gasteiger partial charge in [0.2, 0.25) is 0 Å². The zero-order valence-electron chi connectivity index (χ0n) is 18.7. The number of carbonyl (C=O) groups excluding carboxylic acids is 1. The van der Waals surface area contributed by atoms with Crippen LogP contribution in [0.2, 0.25) is 0 Å². The number of rotatable bonds is 1. The van der Waals surface area contributed by atoms with Gasteiger partial charge >= 0.3 is 6.03 Å². The molecule has 2 fully saturated rings. The van der Waals surface area contributed by atoms with Crippen molar-refractivity contribution in [1.29, 1.82) is 0 Å². The van der Waals surface area contributed by atoms with Crippen molar-refractivity contribution >= 4 is 17.7 Å². The van der Waals surface area contributed by atoms with Gasteiger partial charge < -0.3 is 15.1 Å². The number of fused-ring (bicyclic) bond motifs is 1. The Kier molecular flexibility index (Phi) is 4.76. The van der Waals surface area contributed by atoms with Crippen molar-refractivity contribution in [1.82, 2.24) is 24.7 Å². The zero-order chi connectivity index (χ0) is 21.9. The topological polar surface area (TPSA) is 77.0 Å². The fourth-order valence-electron chi connectivity index (χ4n) is 5.43. The van der Waals surface area contributed by atoms with Crippen LogP contribution in [0.1, 0.15) is 39.3 Å². The van der Waals surface area contributed by atoms with E-state index in [0.29, 0.717) is 25.0 Å². The van der Waals surface area contributed by atoms with Gasteiger partial charge in [-0.15, -0.1) is 0 Å². The normalized spacial score (nSPS) is 27.5. The standard InChI is InChI=1S/C22H30FN7O/c1-13-9-28-7-5-6-15(28)10-29(13)21(31)30-11-16-17(22(30,3)4)8-24-19(16)27-20-18(23)14(2)25-12-26-20/h12-13,15H,5-11H2,1-4H3,(H,24,25,26,27)/t13-,15-/m0/s1. The molecule has 0 unspecified atom stereocenters. The summed E-state index contributed by atoms with van der Waals surface area (Å²) < 4.78 is 14.4. The molecule has 0 aliphatic carbocycles. The molecular formula is C22H30FN7O. The lowest BCUT2D eigenvalue weighted by atomic mass is 9.94. The van der Waals surface area contributed by atoms with Crippen LogP contribution in [-0.4, -0.2) is 86.9 Å². The van der Waals surface area contributed by atoms with E-state index in [0.717, 1.165) is 30.8 Å². The second-order valence-electron chi connectivity index (χ2n) is 9.59. The maximum Gasteiger partial charge on any atom is 0.321 e. The Bertz CT molecular complexity index is 988. The van der Waals surface area contributed by atoms with Crippen molar-refractivity contribution in [3.63, 3.8) is 0 Å². The van der Waals surface area contributed by atoms with Gasteiger partial charge in [0.1, 0.15) is 12.2 Å². The van der Waals surface area contributed by atoms with Gasteiger partial charge in [0, 0.05) is 30.7 Å². The van der Waals surface area contributed by atoms with Crippen molar-refractivity contribution in [3.8, 4) is 0 Å². The van der Waals surface area contributed by atoms with Gasteiger partial charge in [-0.05, 0) is 52.7 Å². The van der Waals surface area contributed by atoms with E-state index in [1.807, 2.05) is 9.80 Å². The van der Waals surface area contributed by atoms with E-state index in [1.54, 1.807) is 6.92 Å². The summed E-state index contributed by atoms with van der Waals surface area (Å²) in [6.07, 6.45) is 3.72. The highest BCUT2D eigenvalue weighted by molar-refractivity contribution is 6.11. The molecule has 166 valence electrons. The molecule has 0 aromatic carbocycles. The van der Waals surface area contributed by atoms with Crippen molar-refractivity contribution in [2.24, 2.45) is 4.99 Å². The summed E-state index contributed by atoms with van der Waals surface area (Å²) in [7, 11) is 0. The number of carbonyl (C=O) groups is 1. The Balaban J connectivity index is 1.35. The lowest BCUT2D eigenvalue weighted by Gasteiger charge is -2.46.